The van der Waals surface area contributed by atoms with Crippen molar-refractivity contribution in [3.05, 3.63) is 35.9 Å². The topological polar surface area (TPSA) is 46.3 Å². The van der Waals surface area contributed by atoms with Crippen LogP contribution < -0.4 is 5.73 Å². The first-order chi connectivity index (χ1) is 10.7. The molecular weight excluding hydrogens is 308 g/mol. The number of benzene rings is 1. The first-order valence-electron chi connectivity index (χ1n) is 8.80. The highest BCUT2D eigenvalue weighted by Gasteiger charge is 2.31. The molecule has 1 saturated carbocycles. The van der Waals surface area contributed by atoms with E-state index in [1.54, 1.807) is 0 Å². The normalized spacial score (nSPS) is 25.7. The molecule has 0 bridgehead atoms. The maximum absolute atomic E-state index is 12.6. The molecule has 0 aromatic heterocycles. The van der Waals surface area contributed by atoms with Gasteiger partial charge in [0.1, 0.15) is 0 Å². The molecule has 2 aliphatic rings. The molecule has 2 N–H and O–H groups in total. The Morgan fingerprint density at radius 2 is 1.78 bits per heavy atom. The Hall–Kier alpha value is -1.06. The van der Waals surface area contributed by atoms with Gasteiger partial charge in [-0.25, -0.2) is 0 Å². The fourth-order valence-electron chi connectivity index (χ4n) is 4.01. The molecule has 4 heteroatoms. The van der Waals surface area contributed by atoms with Gasteiger partial charge in [0.15, 0.2) is 0 Å². The standard InChI is InChI=1S/C19H28N2O.ClH/c20-18-8-4-7-17(14-18)19(22)21-11-9-16(10-12-21)13-15-5-2-1-3-6-15;/h1-3,5-6,16-18H,4,7-14,20H2;1H. The van der Waals surface area contributed by atoms with Crippen molar-refractivity contribution >= 4 is 18.3 Å². The van der Waals surface area contributed by atoms with Gasteiger partial charge in [0.25, 0.3) is 0 Å². The Morgan fingerprint density at radius 1 is 1.09 bits per heavy atom. The van der Waals surface area contributed by atoms with Gasteiger partial charge in [-0.15, -0.1) is 12.4 Å². The Labute approximate surface area is 146 Å². The summed E-state index contributed by atoms with van der Waals surface area (Å²) in [5.74, 6) is 1.28. The van der Waals surface area contributed by atoms with Gasteiger partial charge < -0.3 is 10.6 Å². The predicted molar refractivity (Wildman–Crippen MR) is 96.6 cm³/mol. The van der Waals surface area contributed by atoms with Gasteiger partial charge in [0.05, 0.1) is 0 Å². The molecule has 3 nitrogen and oxygen atoms in total. The highest BCUT2D eigenvalue weighted by atomic mass is 35.5. The van der Waals surface area contributed by atoms with Crippen molar-refractivity contribution in [1.29, 1.82) is 0 Å². The van der Waals surface area contributed by atoms with Crippen LogP contribution in [0.2, 0.25) is 0 Å². The third-order valence-corrected chi connectivity index (χ3v) is 5.36. The van der Waals surface area contributed by atoms with Crippen molar-refractivity contribution in [1.82, 2.24) is 4.90 Å². The number of halogens is 1. The van der Waals surface area contributed by atoms with Crippen molar-refractivity contribution in [2.75, 3.05) is 13.1 Å². The Balaban J connectivity index is 0.00000192. The van der Waals surface area contributed by atoms with Crippen LogP contribution >= 0.6 is 12.4 Å². The number of nitrogens with two attached hydrogens (primary N) is 1. The summed E-state index contributed by atoms with van der Waals surface area (Å²) in [6, 6.07) is 10.9. The number of nitrogens with zero attached hydrogens (tertiary/aromatic N) is 1. The van der Waals surface area contributed by atoms with Crippen molar-refractivity contribution in [2.45, 2.75) is 51.0 Å². The maximum Gasteiger partial charge on any atom is 0.225 e. The minimum absolute atomic E-state index is 0. The second kappa shape index (κ2) is 8.70. The average molecular weight is 337 g/mol. The van der Waals surface area contributed by atoms with Crippen LogP contribution in [0.4, 0.5) is 0 Å². The highest BCUT2D eigenvalue weighted by molar-refractivity contribution is 5.85. The number of rotatable bonds is 3. The molecule has 1 saturated heterocycles. The molecule has 1 amide bonds. The smallest absolute Gasteiger partial charge is 0.225 e. The quantitative estimate of drug-likeness (QED) is 0.919. The van der Waals surface area contributed by atoms with Gasteiger partial charge in [0, 0.05) is 25.0 Å². The van der Waals surface area contributed by atoms with Crippen LogP contribution in [0, 0.1) is 11.8 Å². The number of carbonyl (C=O) groups excluding carboxylic acids is 1. The van der Waals surface area contributed by atoms with E-state index in [0.717, 1.165) is 64.0 Å². The van der Waals surface area contributed by atoms with E-state index in [2.05, 4.69) is 35.2 Å². The van der Waals surface area contributed by atoms with Crippen molar-refractivity contribution in [2.24, 2.45) is 17.6 Å². The number of likely N-dealkylation sites (tertiary alicyclic amines) is 1. The Kier molecular flexibility index (Phi) is 6.91. The summed E-state index contributed by atoms with van der Waals surface area (Å²) in [4.78, 5) is 14.7. The van der Waals surface area contributed by atoms with Crippen LogP contribution in [-0.2, 0) is 11.2 Å². The molecule has 128 valence electrons. The summed E-state index contributed by atoms with van der Waals surface area (Å²) in [6.07, 6.45) is 7.56. The van der Waals surface area contributed by atoms with Gasteiger partial charge in [-0.1, -0.05) is 36.8 Å². The average Bonchev–Trinajstić information content (AvgIpc) is 2.56. The van der Waals surface area contributed by atoms with Gasteiger partial charge in [-0.05, 0) is 50.0 Å². The number of piperidine rings is 1. The Bertz CT molecular complexity index is 485. The van der Waals surface area contributed by atoms with Crippen molar-refractivity contribution < 1.29 is 4.79 Å². The molecule has 2 atom stereocenters. The van der Waals surface area contributed by atoms with E-state index in [-0.39, 0.29) is 24.4 Å². The molecule has 1 aromatic rings. The summed E-state index contributed by atoms with van der Waals surface area (Å²) in [6.45, 7) is 1.87. The lowest BCUT2D eigenvalue weighted by molar-refractivity contribution is -0.138. The largest absolute Gasteiger partial charge is 0.342 e. The summed E-state index contributed by atoms with van der Waals surface area (Å²) >= 11 is 0. The second-order valence-electron chi connectivity index (χ2n) is 7.08. The summed E-state index contributed by atoms with van der Waals surface area (Å²) in [5.41, 5.74) is 7.45. The molecule has 1 aromatic carbocycles. The number of amides is 1. The van der Waals surface area contributed by atoms with Gasteiger partial charge in [0.2, 0.25) is 5.91 Å². The molecule has 2 fully saturated rings. The SMILES string of the molecule is Cl.NC1CCCC(C(=O)N2CCC(Cc3ccccc3)CC2)C1. The first kappa shape index (κ1) is 18.3. The van der Waals surface area contributed by atoms with E-state index in [1.165, 1.54) is 5.56 Å². The van der Waals surface area contributed by atoms with E-state index in [4.69, 9.17) is 5.73 Å². The lowest BCUT2D eigenvalue weighted by Gasteiger charge is -2.36. The predicted octanol–water partition coefficient (Wildman–Crippen LogP) is 3.41. The lowest BCUT2D eigenvalue weighted by Crippen LogP contribution is -2.44. The van der Waals surface area contributed by atoms with Crippen LogP contribution in [0.15, 0.2) is 30.3 Å². The van der Waals surface area contributed by atoms with E-state index in [1.807, 2.05) is 0 Å². The molecule has 0 spiro atoms. The van der Waals surface area contributed by atoms with Crippen LogP contribution in [0.5, 0.6) is 0 Å². The molecule has 0 radical (unpaired) electrons. The third-order valence-electron chi connectivity index (χ3n) is 5.36. The van der Waals surface area contributed by atoms with E-state index >= 15 is 0 Å². The lowest BCUT2D eigenvalue weighted by atomic mass is 9.84. The van der Waals surface area contributed by atoms with Crippen LogP contribution in [0.3, 0.4) is 0 Å². The Morgan fingerprint density at radius 3 is 2.43 bits per heavy atom. The molecule has 1 aliphatic carbocycles. The fraction of sp³-hybridized carbons (Fsp3) is 0.632. The van der Waals surface area contributed by atoms with Crippen LogP contribution in [0.1, 0.15) is 44.1 Å². The molecule has 23 heavy (non-hydrogen) atoms. The minimum atomic E-state index is 0. The molecular formula is C19H29ClN2O. The number of hydrogen-bond donors (Lipinski definition) is 1. The fourth-order valence-corrected chi connectivity index (χ4v) is 4.01. The minimum Gasteiger partial charge on any atom is -0.342 e. The highest BCUT2D eigenvalue weighted by Crippen LogP contribution is 2.28. The summed E-state index contributed by atoms with van der Waals surface area (Å²) in [7, 11) is 0. The van der Waals surface area contributed by atoms with Gasteiger partial charge in [-0.2, -0.15) is 0 Å². The van der Waals surface area contributed by atoms with Crippen LogP contribution in [-0.4, -0.2) is 29.9 Å². The molecule has 1 heterocycles. The molecule has 3 rings (SSSR count). The summed E-state index contributed by atoms with van der Waals surface area (Å²) < 4.78 is 0. The first-order valence-corrected chi connectivity index (χ1v) is 8.80. The maximum atomic E-state index is 12.6. The molecule has 1 aliphatic heterocycles. The van der Waals surface area contributed by atoms with Crippen molar-refractivity contribution in [3.63, 3.8) is 0 Å². The van der Waals surface area contributed by atoms with Gasteiger partial charge >= 0.3 is 0 Å². The van der Waals surface area contributed by atoms with E-state index in [0.29, 0.717) is 5.91 Å². The van der Waals surface area contributed by atoms with Gasteiger partial charge in [-0.3, -0.25) is 4.79 Å². The monoisotopic (exact) mass is 336 g/mol. The number of hydrogen-bond acceptors (Lipinski definition) is 2. The zero-order valence-corrected chi connectivity index (χ0v) is 14.6. The second-order valence-corrected chi connectivity index (χ2v) is 7.08. The van der Waals surface area contributed by atoms with Crippen molar-refractivity contribution in [3.8, 4) is 0 Å². The number of carbonyl (C=O) groups is 1. The van der Waals surface area contributed by atoms with E-state index in [9.17, 15) is 4.79 Å². The third kappa shape index (κ3) is 4.95. The van der Waals surface area contributed by atoms with E-state index < -0.39 is 0 Å². The summed E-state index contributed by atoms with van der Waals surface area (Å²) in [5, 5.41) is 0. The zero-order chi connectivity index (χ0) is 15.4. The van der Waals surface area contributed by atoms with Crippen LogP contribution in [0.25, 0.3) is 0 Å². The zero-order valence-electron chi connectivity index (χ0n) is 13.8. The molecule has 2 unspecified atom stereocenters.